The van der Waals surface area contributed by atoms with Gasteiger partial charge in [0, 0.05) is 24.0 Å². The summed E-state index contributed by atoms with van der Waals surface area (Å²) in [6.07, 6.45) is 3.48. The lowest BCUT2D eigenvalue weighted by Gasteiger charge is -2.20. The number of rotatable bonds is 4. The maximum absolute atomic E-state index is 11.5. The fraction of sp³-hybridized carbons (Fsp3) is 0.318. The molecule has 4 rings (SSSR count). The molecule has 3 aromatic rings. The maximum Gasteiger partial charge on any atom is 0.248 e. The molecule has 0 spiro atoms. The van der Waals surface area contributed by atoms with E-state index in [0.717, 1.165) is 25.7 Å². The Morgan fingerprint density at radius 3 is 2.44 bits per heavy atom. The predicted molar refractivity (Wildman–Crippen MR) is 106 cm³/mol. The largest absolute Gasteiger partial charge is 0.506 e. The SMILES string of the molecule is O=c1ccc2c(C(O)CNC3CCc4ccccc4CC3)ccc(O)c2[nH]1. The Hall–Kier alpha value is -2.63. The van der Waals surface area contributed by atoms with Gasteiger partial charge in [0.2, 0.25) is 5.56 Å². The fourth-order valence-electron chi connectivity index (χ4n) is 3.99. The number of pyridine rings is 1. The number of aromatic hydroxyl groups is 1. The van der Waals surface area contributed by atoms with Crippen molar-refractivity contribution in [2.75, 3.05) is 6.54 Å². The number of aliphatic hydroxyl groups excluding tert-OH is 1. The van der Waals surface area contributed by atoms with Gasteiger partial charge in [-0.1, -0.05) is 30.3 Å². The van der Waals surface area contributed by atoms with Crippen molar-refractivity contribution in [3.63, 3.8) is 0 Å². The van der Waals surface area contributed by atoms with E-state index in [2.05, 4.69) is 34.6 Å². The third-order valence-electron chi connectivity index (χ3n) is 5.51. The third-order valence-corrected chi connectivity index (χ3v) is 5.51. The molecular weight excluding hydrogens is 340 g/mol. The van der Waals surface area contributed by atoms with Crippen molar-refractivity contribution in [1.29, 1.82) is 0 Å². The predicted octanol–water partition coefficient (Wildman–Crippen LogP) is 2.80. The minimum atomic E-state index is -0.718. The summed E-state index contributed by atoms with van der Waals surface area (Å²) in [5.41, 5.74) is 3.64. The summed E-state index contributed by atoms with van der Waals surface area (Å²) in [5.74, 6) is 0.00754. The number of phenols is 1. The summed E-state index contributed by atoms with van der Waals surface area (Å²) in [6.45, 7) is 0.431. The van der Waals surface area contributed by atoms with Crippen LogP contribution in [0.5, 0.6) is 5.75 Å². The minimum absolute atomic E-state index is 0.00754. The van der Waals surface area contributed by atoms with Gasteiger partial charge in [0.25, 0.3) is 0 Å². The van der Waals surface area contributed by atoms with Crippen molar-refractivity contribution >= 4 is 10.9 Å². The first-order valence-electron chi connectivity index (χ1n) is 9.45. The van der Waals surface area contributed by atoms with Crippen molar-refractivity contribution in [2.24, 2.45) is 0 Å². The minimum Gasteiger partial charge on any atom is -0.506 e. The van der Waals surface area contributed by atoms with Crippen LogP contribution in [-0.4, -0.2) is 27.8 Å². The first-order valence-corrected chi connectivity index (χ1v) is 9.45. The molecule has 0 radical (unpaired) electrons. The molecule has 0 aliphatic heterocycles. The van der Waals surface area contributed by atoms with E-state index in [-0.39, 0.29) is 11.3 Å². The summed E-state index contributed by atoms with van der Waals surface area (Å²) in [7, 11) is 0. The molecule has 1 aliphatic rings. The Kier molecular flexibility index (Phi) is 4.97. The highest BCUT2D eigenvalue weighted by molar-refractivity contribution is 5.87. The van der Waals surface area contributed by atoms with Crippen LogP contribution in [0, 0.1) is 0 Å². The zero-order valence-corrected chi connectivity index (χ0v) is 15.1. The number of aromatic amines is 1. The summed E-state index contributed by atoms with van der Waals surface area (Å²) in [6, 6.07) is 15.2. The Labute approximate surface area is 157 Å². The molecule has 0 saturated heterocycles. The molecule has 140 valence electrons. The van der Waals surface area contributed by atoms with E-state index in [1.807, 2.05) is 0 Å². The standard InChI is InChI=1S/C22H24N2O3/c25-19-11-9-17(18-10-12-21(27)24-22(18)19)20(26)13-23-16-7-5-14-3-1-2-4-15(14)6-8-16/h1-4,9-12,16,20,23,25-26H,5-8,13H2,(H,24,27). The van der Waals surface area contributed by atoms with Crippen molar-refractivity contribution in [1.82, 2.24) is 10.3 Å². The van der Waals surface area contributed by atoms with Gasteiger partial charge in [-0.25, -0.2) is 0 Å². The molecule has 1 aliphatic carbocycles. The van der Waals surface area contributed by atoms with E-state index in [1.54, 1.807) is 12.1 Å². The molecule has 0 bridgehead atoms. The third kappa shape index (κ3) is 3.75. The summed E-state index contributed by atoms with van der Waals surface area (Å²) >= 11 is 0. The molecule has 27 heavy (non-hydrogen) atoms. The molecule has 1 heterocycles. The van der Waals surface area contributed by atoms with Gasteiger partial charge >= 0.3 is 0 Å². The van der Waals surface area contributed by atoms with Gasteiger partial charge in [0.05, 0.1) is 11.6 Å². The van der Waals surface area contributed by atoms with E-state index in [9.17, 15) is 15.0 Å². The molecule has 1 aromatic heterocycles. The quantitative estimate of drug-likeness (QED) is 0.536. The van der Waals surface area contributed by atoms with Crippen LogP contribution >= 0.6 is 0 Å². The van der Waals surface area contributed by atoms with Gasteiger partial charge in [-0.3, -0.25) is 4.79 Å². The number of aromatic nitrogens is 1. The highest BCUT2D eigenvalue weighted by Crippen LogP contribution is 2.29. The van der Waals surface area contributed by atoms with Crippen molar-refractivity contribution < 1.29 is 10.2 Å². The second-order valence-corrected chi connectivity index (χ2v) is 7.25. The highest BCUT2D eigenvalue weighted by atomic mass is 16.3. The molecule has 1 atom stereocenters. The molecule has 2 aromatic carbocycles. The number of H-pyrrole nitrogens is 1. The first-order chi connectivity index (χ1) is 13.1. The van der Waals surface area contributed by atoms with E-state index < -0.39 is 6.10 Å². The average Bonchev–Trinajstić information content (AvgIpc) is 2.89. The lowest BCUT2D eigenvalue weighted by atomic mass is 10.0. The first kappa shape index (κ1) is 17.8. The van der Waals surface area contributed by atoms with Crippen LogP contribution in [0.1, 0.15) is 35.6 Å². The van der Waals surface area contributed by atoms with Gasteiger partial charge in [-0.15, -0.1) is 0 Å². The van der Waals surface area contributed by atoms with Gasteiger partial charge in [-0.05, 0) is 54.5 Å². The Morgan fingerprint density at radius 1 is 1.04 bits per heavy atom. The van der Waals surface area contributed by atoms with Crippen LogP contribution in [0.2, 0.25) is 0 Å². The number of benzene rings is 2. The van der Waals surface area contributed by atoms with Crippen LogP contribution in [-0.2, 0) is 12.8 Å². The number of aliphatic hydroxyl groups is 1. The van der Waals surface area contributed by atoms with E-state index in [1.165, 1.54) is 23.3 Å². The number of hydrogen-bond acceptors (Lipinski definition) is 4. The fourth-order valence-corrected chi connectivity index (χ4v) is 3.99. The van der Waals surface area contributed by atoms with Gasteiger partial charge in [0.1, 0.15) is 5.75 Å². The van der Waals surface area contributed by atoms with E-state index >= 15 is 0 Å². The molecule has 1 unspecified atom stereocenters. The Morgan fingerprint density at radius 2 is 1.74 bits per heavy atom. The number of phenolic OH excluding ortho intramolecular Hbond substituents is 1. The molecule has 0 fully saturated rings. The molecule has 4 N–H and O–H groups in total. The monoisotopic (exact) mass is 364 g/mol. The second-order valence-electron chi connectivity index (χ2n) is 7.25. The van der Waals surface area contributed by atoms with Crippen LogP contribution < -0.4 is 10.9 Å². The highest BCUT2D eigenvalue weighted by Gasteiger charge is 2.18. The molecule has 5 nitrogen and oxygen atoms in total. The summed E-state index contributed by atoms with van der Waals surface area (Å²) < 4.78 is 0. The van der Waals surface area contributed by atoms with Gasteiger partial charge in [-0.2, -0.15) is 0 Å². The Balaban J connectivity index is 1.46. The Bertz CT molecular complexity index is 985. The van der Waals surface area contributed by atoms with Crippen molar-refractivity contribution in [3.8, 4) is 5.75 Å². The number of nitrogens with one attached hydrogen (secondary N) is 2. The van der Waals surface area contributed by atoms with Crippen molar-refractivity contribution in [3.05, 3.63) is 75.6 Å². The van der Waals surface area contributed by atoms with Crippen LogP contribution in [0.3, 0.4) is 0 Å². The lowest BCUT2D eigenvalue weighted by molar-refractivity contribution is 0.169. The molecule has 0 saturated carbocycles. The number of hydrogen-bond donors (Lipinski definition) is 4. The summed E-state index contributed by atoms with van der Waals surface area (Å²) in [5, 5.41) is 24.9. The molecule has 5 heteroatoms. The van der Waals surface area contributed by atoms with Crippen LogP contribution in [0.15, 0.2) is 53.3 Å². The normalized spacial score (nSPS) is 16.0. The van der Waals surface area contributed by atoms with E-state index in [4.69, 9.17) is 0 Å². The van der Waals surface area contributed by atoms with Crippen molar-refractivity contribution in [2.45, 2.75) is 37.8 Å². The summed E-state index contributed by atoms with van der Waals surface area (Å²) in [4.78, 5) is 14.2. The number of fused-ring (bicyclic) bond motifs is 2. The second kappa shape index (κ2) is 7.55. The zero-order chi connectivity index (χ0) is 18.8. The van der Waals surface area contributed by atoms with E-state index in [0.29, 0.717) is 29.1 Å². The zero-order valence-electron chi connectivity index (χ0n) is 15.1. The van der Waals surface area contributed by atoms with Gasteiger partial charge < -0.3 is 20.5 Å². The van der Waals surface area contributed by atoms with Crippen LogP contribution in [0.4, 0.5) is 0 Å². The molecule has 0 amide bonds. The molecular formula is C22H24N2O3. The lowest BCUT2D eigenvalue weighted by Crippen LogP contribution is -2.33. The maximum atomic E-state index is 11.5. The van der Waals surface area contributed by atoms with Crippen LogP contribution in [0.25, 0.3) is 10.9 Å². The average molecular weight is 364 g/mol. The van der Waals surface area contributed by atoms with Gasteiger partial charge in [0.15, 0.2) is 0 Å². The number of aryl methyl sites for hydroxylation is 2. The topological polar surface area (TPSA) is 85.3 Å². The smallest absolute Gasteiger partial charge is 0.248 e.